The van der Waals surface area contributed by atoms with Crippen LogP contribution in [0.3, 0.4) is 0 Å². The first-order valence-corrected chi connectivity index (χ1v) is 15.8. The molecule has 0 saturated carbocycles. The van der Waals surface area contributed by atoms with E-state index < -0.39 is 0 Å². The highest BCUT2D eigenvalue weighted by molar-refractivity contribution is 4.59. The molecule has 0 aliphatic heterocycles. The summed E-state index contributed by atoms with van der Waals surface area (Å²) in [5.41, 5.74) is 0. The van der Waals surface area contributed by atoms with Gasteiger partial charge in [-0.1, -0.05) is 66.2 Å². The topological polar surface area (TPSA) is 94.1 Å². The van der Waals surface area contributed by atoms with Crippen LogP contribution in [0.2, 0.25) is 0 Å². The maximum absolute atomic E-state index is 8.58. The lowest BCUT2D eigenvalue weighted by atomic mass is 9.93. The molecule has 0 saturated heterocycles. The lowest BCUT2D eigenvalue weighted by Gasteiger charge is -2.15. The van der Waals surface area contributed by atoms with Crippen LogP contribution in [0.25, 0.3) is 0 Å². The summed E-state index contributed by atoms with van der Waals surface area (Å²) in [7, 11) is 0. The molecule has 0 aromatic carbocycles. The van der Waals surface area contributed by atoms with Crippen LogP contribution in [-0.4, -0.2) is 117 Å². The quantitative estimate of drug-likeness (QED) is 0.108. The van der Waals surface area contributed by atoms with Crippen LogP contribution in [0.5, 0.6) is 0 Å². The van der Waals surface area contributed by atoms with Gasteiger partial charge in [0.15, 0.2) is 0 Å². The maximum atomic E-state index is 8.58. The van der Waals surface area contributed by atoms with Crippen molar-refractivity contribution in [2.24, 2.45) is 17.8 Å². The van der Waals surface area contributed by atoms with Crippen LogP contribution in [-0.2, 0) is 37.9 Å². The predicted molar refractivity (Wildman–Crippen MR) is 159 cm³/mol. The summed E-state index contributed by atoms with van der Waals surface area (Å²) in [5, 5.41) is 8.58. The number of rotatable bonds is 34. The molecule has 2 atom stereocenters. The molecule has 0 bridgehead atoms. The Hall–Kier alpha value is -0.360. The smallest absolute Gasteiger partial charge is 0.0701 e. The highest BCUT2D eigenvalue weighted by Gasteiger charge is 2.06. The highest BCUT2D eigenvalue weighted by atomic mass is 16.6. The van der Waals surface area contributed by atoms with Gasteiger partial charge in [-0.05, 0) is 24.2 Å². The van der Waals surface area contributed by atoms with Crippen molar-refractivity contribution >= 4 is 0 Å². The second-order valence-electron chi connectivity index (χ2n) is 10.9. The zero-order valence-corrected chi connectivity index (χ0v) is 26.4. The molecule has 0 aliphatic carbocycles. The van der Waals surface area contributed by atoms with Crippen molar-refractivity contribution in [2.75, 3.05) is 112 Å². The number of hydrogen-bond donors (Lipinski definition) is 1. The molecule has 0 spiro atoms. The molecule has 0 fully saturated rings. The minimum absolute atomic E-state index is 0.0342. The predicted octanol–water partition coefficient (Wildman–Crippen LogP) is 4.77. The van der Waals surface area contributed by atoms with Crippen LogP contribution in [0.15, 0.2) is 0 Å². The van der Waals surface area contributed by atoms with Crippen LogP contribution in [0, 0.1) is 17.8 Å². The van der Waals surface area contributed by atoms with Crippen LogP contribution < -0.4 is 0 Å². The summed E-state index contributed by atoms with van der Waals surface area (Å²) >= 11 is 0. The SMILES string of the molecule is CC(C)CCCC(C)CCCC(C)CCOCCOCCOCCOCCOCCOCCOCCOCCO. The molecule has 2 unspecified atom stereocenters. The molecular weight excluding hydrogens is 516 g/mol. The first-order chi connectivity index (χ1) is 19.6. The Bertz CT molecular complexity index is 468. The normalized spacial score (nSPS) is 13.3. The van der Waals surface area contributed by atoms with E-state index in [9.17, 15) is 0 Å². The maximum Gasteiger partial charge on any atom is 0.0701 e. The van der Waals surface area contributed by atoms with Crippen molar-refractivity contribution in [3.05, 3.63) is 0 Å². The van der Waals surface area contributed by atoms with Gasteiger partial charge in [0.2, 0.25) is 0 Å². The van der Waals surface area contributed by atoms with Gasteiger partial charge in [-0.3, -0.25) is 0 Å². The van der Waals surface area contributed by atoms with Crippen LogP contribution in [0.4, 0.5) is 0 Å². The van der Waals surface area contributed by atoms with Gasteiger partial charge >= 0.3 is 0 Å². The van der Waals surface area contributed by atoms with Gasteiger partial charge in [0, 0.05) is 6.61 Å². The van der Waals surface area contributed by atoms with E-state index in [-0.39, 0.29) is 6.61 Å². The zero-order chi connectivity index (χ0) is 29.4. The van der Waals surface area contributed by atoms with Gasteiger partial charge in [0.1, 0.15) is 0 Å². The molecule has 0 aliphatic rings. The van der Waals surface area contributed by atoms with E-state index in [0.717, 1.165) is 30.8 Å². The molecule has 0 aromatic heterocycles. The summed E-state index contributed by atoms with van der Waals surface area (Å²) in [4.78, 5) is 0. The molecule has 242 valence electrons. The third-order valence-corrected chi connectivity index (χ3v) is 6.47. The van der Waals surface area contributed by atoms with Gasteiger partial charge in [0.25, 0.3) is 0 Å². The van der Waals surface area contributed by atoms with E-state index in [1.807, 2.05) is 0 Å². The first kappa shape index (κ1) is 39.6. The summed E-state index contributed by atoms with van der Waals surface area (Å²) in [6.07, 6.45) is 9.25. The van der Waals surface area contributed by atoms with Crippen LogP contribution in [0.1, 0.15) is 72.6 Å². The second kappa shape index (κ2) is 33.1. The Kier molecular flexibility index (Phi) is 32.8. The van der Waals surface area contributed by atoms with Crippen molar-refractivity contribution in [2.45, 2.75) is 72.6 Å². The third kappa shape index (κ3) is 33.8. The van der Waals surface area contributed by atoms with Crippen molar-refractivity contribution in [3.63, 3.8) is 0 Å². The van der Waals surface area contributed by atoms with E-state index >= 15 is 0 Å². The number of ether oxygens (including phenoxy) is 8. The molecule has 0 rings (SSSR count). The number of aliphatic hydroxyl groups excluding tert-OH is 1. The first-order valence-electron chi connectivity index (χ1n) is 15.8. The molecule has 1 N–H and O–H groups in total. The summed E-state index contributed by atoms with van der Waals surface area (Å²) < 4.78 is 43.6. The van der Waals surface area contributed by atoms with E-state index in [1.165, 1.54) is 38.5 Å². The zero-order valence-electron chi connectivity index (χ0n) is 26.4. The van der Waals surface area contributed by atoms with Gasteiger partial charge < -0.3 is 43.0 Å². The molecule has 0 heterocycles. The fourth-order valence-corrected chi connectivity index (χ4v) is 3.97. The average Bonchev–Trinajstić information content (AvgIpc) is 2.93. The third-order valence-electron chi connectivity index (χ3n) is 6.47. The highest BCUT2D eigenvalue weighted by Crippen LogP contribution is 2.20. The molecule has 0 radical (unpaired) electrons. The molecule has 0 aromatic rings. The number of aliphatic hydroxyl groups is 1. The molecule has 9 nitrogen and oxygen atoms in total. The fourth-order valence-electron chi connectivity index (χ4n) is 3.97. The minimum atomic E-state index is 0.0342. The summed E-state index contributed by atoms with van der Waals surface area (Å²) in [6, 6.07) is 0. The Labute approximate surface area is 245 Å². The lowest BCUT2D eigenvalue weighted by Crippen LogP contribution is -2.15. The van der Waals surface area contributed by atoms with Gasteiger partial charge in [0.05, 0.1) is 106 Å². The van der Waals surface area contributed by atoms with Gasteiger partial charge in [-0.15, -0.1) is 0 Å². The standard InChI is InChI=1S/C31H64O9/c1-29(2)7-5-8-30(3)9-6-10-31(4)11-13-33-15-17-35-19-21-37-23-25-39-27-28-40-26-24-38-22-20-36-18-16-34-14-12-32/h29-32H,5-28H2,1-4H3. The lowest BCUT2D eigenvalue weighted by molar-refractivity contribution is -0.0240. The van der Waals surface area contributed by atoms with Crippen molar-refractivity contribution in [1.29, 1.82) is 0 Å². The monoisotopic (exact) mass is 580 g/mol. The molecule has 40 heavy (non-hydrogen) atoms. The van der Waals surface area contributed by atoms with Crippen molar-refractivity contribution < 1.29 is 43.0 Å². The van der Waals surface area contributed by atoms with E-state index in [2.05, 4.69) is 27.7 Å². The molecule has 0 amide bonds. The summed E-state index contributed by atoms with van der Waals surface area (Å²) in [5.74, 6) is 2.42. The number of hydrogen-bond acceptors (Lipinski definition) is 9. The van der Waals surface area contributed by atoms with E-state index in [1.54, 1.807) is 0 Å². The fraction of sp³-hybridized carbons (Fsp3) is 1.00. The van der Waals surface area contributed by atoms with Crippen molar-refractivity contribution in [1.82, 2.24) is 0 Å². The summed E-state index contributed by atoms with van der Waals surface area (Å²) in [6.45, 7) is 18.2. The average molecular weight is 581 g/mol. The second-order valence-corrected chi connectivity index (χ2v) is 10.9. The Morgan fingerprint density at radius 1 is 0.350 bits per heavy atom. The van der Waals surface area contributed by atoms with E-state index in [4.69, 9.17) is 43.0 Å². The Balaban J connectivity index is 3.17. The minimum Gasteiger partial charge on any atom is -0.394 e. The van der Waals surface area contributed by atoms with Crippen molar-refractivity contribution in [3.8, 4) is 0 Å². The Morgan fingerprint density at radius 3 is 0.950 bits per heavy atom. The molecule has 9 heteroatoms. The van der Waals surface area contributed by atoms with E-state index in [0.29, 0.717) is 99.1 Å². The Morgan fingerprint density at radius 2 is 0.625 bits per heavy atom. The molecular formula is C31H64O9. The van der Waals surface area contributed by atoms with Crippen LogP contribution >= 0.6 is 0 Å². The van der Waals surface area contributed by atoms with Gasteiger partial charge in [-0.25, -0.2) is 0 Å². The largest absolute Gasteiger partial charge is 0.394 e. The van der Waals surface area contributed by atoms with Gasteiger partial charge in [-0.2, -0.15) is 0 Å².